The molecule has 0 fully saturated rings. The Kier molecular flexibility index (Phi) is 7.87. The molecule has 2 N–H and O–H groups in total. The first-order valence-corrected chi connectivity index (χ1v) is 10.3. The second kappa shape index (κ2) is 10.4. The fraction of sp³-hybridized carbons (Fsp3) is 0.182. The third kappa shape index (κ3) is 4.89. The van der Waals surface area contributed by atoms with Gasteiger partial charge in [0.05, 0.1) is 18.5 Å². The Labute approximate surface area is 184 Å². The Balaban J connectivity index is 0.00000166. The standard InChI is InChI=1S/C20H17N3O5S.C2H6/c1-11(20(27)28-3)22-18(25)12(2)23-8-15-16(9-29-17(15)19(23)26)13-4-6-14(7-5-13)21-10-24;1-2/h4-7,9-10H,1-2,8H2,3H3,(H,21,24)(H,22,25);1-2H3. The predicted octanol–water partition coefficient (Wildman–Crippen LogP) is 3.28. The molecule has 31 heavy (non-hydrogen) atoms. The number of hydrogen-bond acceptors (Lipinski definition) is 6. The first kappa shape index (κ1) is 23.6. The summed E-state index contributed by atoms with van der Waals surface area (Å²) in [5, 5.41) is 6.72. The largest absolute Gasteiger partial charge is 0.464 e. The molecule has 0 saturated heterocycles. The van der Waals surface area contributed by atoms with Gasteiger partial charge in [0, 0.05) is 11.3 Å². The number of fused-ring (bicyclic) bond motifs is 1. The quantitative estimate of drug-likeness (QED) is 0.390. The molecule has 3 amide bonds. The number of methoxy groups -OCH3 is 1. The molecule has 0 aliphatic carbocycles. The molecular weight excluding hydrogens is 418 g/mol. The van der Waals surface area contributed by atoms with E-state index in [0.717, 1.165) is 16.7 Å². The Hall–Kier alpha value is -3.72. The van der Waals surface area contributed by atoms with Gasteiger partial charge in [-0.25, -0.2) is 4.79 Å². The highest BCUT2D eigenvalue weighted by molar-refractivity contribution is 7.12. The lowest BCUT2D eigenvalue weighted by molar-refractivity contribution is -0.137. The van der Waals surface area contributed by atoms with E-state index in [4.69, 9.17) is 0 Å². The maximum atomic E-state index is 12.7. The van der Waals surface area contributed by atoms with Gasteiger partial charge in [-0.05, 0) is 28.6 Å². The second-order valence-corrected chi connectivity index (χ2v) is 6.94. The molecule has 1 aromatic carbocycles. The number of hydrogen-bond donors (Lipinski definition) is 2. The Morgan fingerprint density at radius 1 is 1.19 bits per heavy atom. The number of carbonyl (C=O) groups excluding carboxylic acids is 4. The van der Waals surface area contributed by atoms with Gasteiger partial charge in [0.25, 0.3) is 11.8 Å². The molecule has 1 aliphatic rings. The highest BCUT2D eigenvalue weighted by Crippen LogP contribution is 2.39. The summed E-state index contributed by atoms with van der Waals surface area (Å²) in [6.45, 7) is 11.3. The van der Waals surface area contributed by atoms with Crippen molar-refractivity contribution in [2.75, 3.05) is 12.4 Å². The van der Waals surface area contributed by atoms with Crippen LogP contribution in [0.2, 0.25) is 0 Å². The zero-order chi connectivity index (χ0) is 23.1. The molecule has 0 unspecified atom stereocenters. The highest BCUT2D eigenvalue weighted by atomic mass is 32.1. The van der Waals surface area contributed by atoms with Crippen LogP contribution in [0.4, 0.5) is 5.69 Å². The summed E-state index contributed by atoms with van der Waals surface area (Å²) in [5.41, 5.74) is 2.85. The van der Waals surface area contributed by atoms with Crippen LogP contribution in [0.1, 0.15) is 29.1 Å². The van der Waals surface area contributed by atoms with E-state index in [0.29, 0.717) is 17.0 Å². The van der Waals surface area contributed by atoms with Crippen molar-refractivity contribution in [1.29, 1.82) is 0 Å². The van der Waals surface area contributed by atoms with E-state index in [1.54, 1.807) is 12.1 Å². The van der Waals surface area contributed by atoms with Gasteiger partial charge in [-0.3, -0.25) is 19.3 Å². The molecule has 162 valence electrons. The van der Waals surface area contributed by atoms with Crippen molar-refractivity contribution < 1.29 is 23.9 Å². The monoisotopic (exact) mass is 441 g/mol. The maximum absolute atomic E-state index is 12.7. The number of amides is 3. The zero-order valence-corrected chi connectivity index (χ0v) is 18.3. The molecule has 0 bridgehead atoms. The third-order valence-electron chi connectivity index (χ3n) is 4.36. The first-order chi connectivity index (χ1) is 14.9. The number of thiophene rings is 1. The van der Waals surface area contributed by atoms with Crippen molar-refractivity contribution >= 4 is 41.2 Å². The summed E-state index contributed by atoms with van der Waals surface area (Å²) < 4.78 is 4.48. The summed E-state index contributed by atoms with van der Waals surface area (Å²) in [6, 6.07) is 7.19. The van der Waals surface area contributed by atoms with Crippen LogP contribution in [0.5, 0.6) is 0 Å². The van der Waals surface area contributed by atoms with Crippen molar-refractivity contribution in [1.82, 2.24) is 10.2 Å². The van der Waals surface area contributed by atoms with E-state index >= 15 is 0 Å². The lowest BCUT2D eigenvalue weighted by atomic mass is 10.0. The molecule has 2 aromatic rings. The number of ether oxygens (including phenoxy) is 1. The molecule has 0 radical (unpaired) electrons. The van der Waals surface area contributed by atoms with Crippen LogP contribution < -0.4 is 10.6 Å². The van der Waals surface area contributed by atoms with Gasteiger partial charge in [0.15, 0.2) is 0 Å². The minimum atomic E-state index is -0.784. The van der Waals surface area contributed by atoms with Crippen molar-refractivity contribution in [3.63, 3.8) is 0 Å². The van der Waals surface area contributed by atoms with E-state index in [9.17, 15) is 19.2 Å². The summed E-state index contributed by atoms with van der Waals surface area (Å²) >= 11 is 1.28. The van der Waals surface area contributed by atoms with Crippen LogP contribution in [0.15, 0.2) is 54.2 Å². The third-order valence-corrected chi connectivity index (χ3v) is 5.37. The van der Waals surface area contributed by atoms with Gasteiger partial charge in [-0.1, -0.05) is 39.1 Å². The second-order valence-electron chi connectivity index (χ2n) is 6.06. The number of esters is 1. The summed E-state index contributed by atoms with van der Waals surface area (Å²) in [5.74, 6) is -1.83. The number of benzene rings is 1. The molecule has 0 saturated carbocycles. The Bertz CT molecular complexity index is 1040. The molecule has 8 nitrogen and oxygen atoms in total. The molecule has 3 rings (SSSR count). The zero-order valence-electron chi connectivity index (χ0n) is 17.5. The summed E-state index contributed by atoms with van der Waals surface area (Å²) in [4.78, 5) is 48.8. The first-order valence-electron chi connectivity index (χ1n) is 9.37. The minimum absolute atomic E-state index is 0.0973. The lowest BCUT2D eigenvalue weighted by Crippen LogP contribution is -2.36. The fourth-order valence-electron chi connectivity index (χ4n) is 2.85. The number of carbonyl (C=O) groups is 4. The van der Waals surface area contributed by atoms with Gasteiger partial charge in [-0.2, -0.15) is 0 Å². The van der Waals surface area contributed by atoms with E-state index in [1.807, 2.05) is 31.4 Å². The number of rotatable bonds is 7. The molecule has 9 heteroatoms. The van der Waals surface area contributed by atoms with Crippen molar-refractivity contribution in [3.05, 3.63) is 64.6 Å². The van der Waals surface area contributed by atoms with Crippen LogP contribution >= 0.6 is 11.3 Å². The summed E-state index contributed by atoms with van der Waals surface area (Å²) in [7, 11) is 1.17. The van der Waals surface area contributed by atoms with Gasteiger partial charge < -0.3 is 15.4 Å². The van der Waals surface area contributed by atoms with E-state index in [-0.39, 0.29) is 23.8 Å². The van der Waals surface area contributed by atoms with E-state index < -0.39 is 11.9 Å². The van der Waals surface area contributed by atoms with Crippen LogP contribution in [0.3, 0.4) is 0 Å². The topological polar surface area (TPSA) is 105 Å². The predicted molar refractivity (Wildman–Crippen MR) is 119 cm³/mol. The van der Waals surface area contributed by atoms with Crippen molar-refractivity contribution in [2.24, 2.45) is 0 Å². The van der Waals surface area contributed by atoms with E-state index in [2.05, 4.69) is 28.5 Å². The normalized spacial score (nSPS) is 11.6. The van der Waals surface area contributed by atoms with Crippen LogP contribution in [-0.4, -0.2) is 36.2 Å². The van der Waals surface area contributed by atoms with Crippen molar-refractivity contribution in [3.8, 4) is 11.1 Å². The number of nitrogens with zero attached hydrogens (tertiary/aromatic N) is 1. The Morgan fingerprint density at radius 3 is 2.42 bits per heavy atom. The average molecular weight is 442 g/mol. The van der Waals surface area contributed by atoms with Gasteiger partial charge in [0.1, 0.15) is 11.4 Å². The molecule has 0 spiro atoms. The van der Waals surface area contributed by atoms with Crippen LogP contribution in [0.25, 0.3) is 11.1 Å². The van der Waals surface area contributed by atoms with Gasteiger partial charge in [-0.15, -0.1) is 11.3 Å². The molecule has 1 aromatic heterocycles. The number of anilines is 1. The molecule has 1 aliphatic heterocycles. The van der Waals surface area contributed by atoms with E-state index in [1.165, 1.54) is 23.3 Å². The number of nitrogens with one attached hydrogen (secondary N) is 2. The average Bonchev–Trinajstić information content (AvgIpc) is 3.35. The van der Waals surface area contributed by atoms with Gasteiger partial charge in [0.2, 0.25) is 6.41 Å². The smallest absolute Gasteiger partial charge is 0.353 e. The SMILES string of the molecule is C=C(NC(=O)C(=C)N1Cc2c(-c3ccc(NC=O)cc3)csc2C1=O)C(=O)OC.CC. The van der Waals surface area contributed by atoms with Crippen LogP contribution in [-0.2, 0) is 25.7 Å². The van der Waals surface area contributed by atoms with Crippen molar-refractivity contribution in [2.45, 2.75) is 20.4 Å². The molecular formula is C22H23N3O5S. The molecule has 0 atom stereocenters. The maximum Gasteiger partial charge on any atom is 0.353 e. The minimum Gasteiger partial charge on any atom is -0.464 e. The molecule has 2 heterocycles. The fourth-order valence-corrected chi connectivity index (χ4v) is 3.89. The Morgan fingerprint density at radius 2 is 1.84 bits per heavy atom. The highest BCUT2D eigenvalue weighted by Gasteiger charge is 2.35. The summed E-state index contributed by atoms with van der Waals surface area (Å²) in [6.07, 6.45) is 0.597. The van der Waals surface area contributed by atoms with Gasteiger partial charge >= 0.3 is 5.97 Å². The lowest BCUT2D eigenvalue weighted by Gasteiger charge is -2.18. The van der Waals surface area contributed by atoms with Crippen LogP contribution in [0, 0.1) is 0 Å².